The van der Waals surface area contributed by atoms with Gasteiger partial charge in [-0.15, -0.1) is 0 Å². The molecule has 0 aliphatic carbocycles. The predicted octanol–water partition coefficient (Wildman–Crippen LogP) is 3.34. The van der Waals surface area contributed by atoms with E-state index in [4.69, 9.17) is 13.6 Å². The lowest BCUT2D eigenvalue weighted by Gasteiger charge is -2.36. The van der Waals surface area contributed by atoms with Crippen LogP contribution in [0.1, 0.15) is 41.0 Å². The molecule has 0 aromatic heterocycles. The summed E-state index contributed by atoms with van der Waals surface area (Å²) in [4.78, 5) is 0. The Hall–Kier alpha value is 0.0969. The van der Waals surface area contributed by atoms with Crippen LogP contribution in [0.3, 0.4) is 0 Å². The molecule has 0 radical (unpaired) electrons. The summed E-state index contributed by atoms with van der Waals surface area (Å²) in [5.41, 5.74) is 0. The van der Waals surface area contributed by atoms with Crippen LogP contribution in [0.4, 0.5) is 0 Å². The lowest BCUT2D eigenvalue weighted by Crippen LogP contribution is -2.46. The molecule has 0 aromatic rings. The van der Waals surface area contributed by atoms with Gasteiger partial charge in [0.1, 0.15) is 0 Å². The Morgan fingerprint density at radius 2 is 1.65 bits per heavy atom. The molecule has 4 heteroatoms. The van der Waals surface area contributed by atoms with E-state index in [-0.39, 0.29) is 12.2 Å². The van der Waals surface area contributed by atoms with Crippen molar-refractivity contribution >= 4 is 8.56 Å². The van der Waals surface area contributed by atoms with Crippen LogP contribution in [0.25, 0.3) is 0 Å². The average molecular weight is 260 g/mol. The Morgan fingerprint density at radius 3 is 1.94 bits per heavy atom. The molecule has 0 atom stereocenters. The Labute approximate surface area is 107 Å². The van der Waals surface area contributed by atoms with E-state index in [2.05, 4.69) is 34.6 Å². The zero-order valence-corrected chi connectivity index (χ0v) is 13.0. The van der Waals surface area contributed by atoms with E-state index >= 15 is 0 Å². The van der Waals surface area contributed by atoms with Gasteiger partial charge in [-0.3, -0.25) is 0 Å². The van der Waals surface area contributed by atoms with Crippen LogP contribution in [0.2, 0.25) is 12.1 Å². The molecular formula is C13H28O3Si. The minimum Gasteiger partial charge on any atom is -0.392 e. The first-order chi connectivity index (χ1) is 7.97. The molecule has 3 nitrogen and oxygen atoms in total. The Kier molecular flexibility index (Phi) is 6.13. The third-order valence-corrected chi connectivity index (χ3v) is 7.01. The highest BCUT2D eigenvalue weighted by atomic mass is 28.4. The van der Waals surface area contributed by atoms with Crippen molar-refractivity contribution in [3.05, 3.63) is 0 Å². The van der Waals surface area contributed by atoms with E-state index in [0.717, 1.165) is 31.2 Å². The second kappa shape index (κ2) is 6.88. The third-order valence-electron chi connectivity index (χ3n) is 3.08. The maximum atomic E-state index is 6.19. The van der Waals surface area contributed by atoms with Gasteiger partial charge >= 0.3 is 8.56 Å². The molecule has 1 fully saturated rings. The van der Waals surface area contributed by atoms with Crippen molar-refractivity contribution in [2.24, 2.45) is 5.92 Å². The Morgan fingerprint density at radius 1 is 1.12 bits per heavy atom. The lowest BCUT2D eigenvalue weighted by molar-refractivity contribution is -0.0348. The average Bonchev–Trinajstić information content (AvgIpc) is 2.12. The van der Waals surface area contributed by atoms with Crippen molar-refractivity contribution in [2.75, 3.05) is 13.2 Å². The fourth-order valence-electron chi connectivity index (χ4n) is 2.22. The molecular weight excluding hydrogens is 232 g/mol. The van der Waals surface area contributed by atoms with Gasteiger partial charge < -0.3 is 13.6 Å². The maximum absolute atomic E-state index is 6.19. The summed E-state index contributed by atoms with van der Waals surface area (Å²) in [6.07, 6.45) is 1.72. The highest BCUT2D eigenvalue weighted by molar-refractivity contribution is 6.67. The summed E-state index contributed by atoms with van der Waals surface area (Å²) >= 11 is 0. The van der Waals surface area contributed by atoms with E-state index in [1.807, 2.05) is 0 Å². The molecule has 0 spiro atoms. The van der Waals surface area contributed by atoms with E-state index in [1.165, 1.54) is 6.42 Å². The topological polar surface area (TPSA) is 27.7 Å². The van der Waals surface area contributed by atoms with E-state index in [1.54, 1.807) is 0 Å². The largest absolute Gasteiger partial charge is 0.392 e. The first-order valence-corrected chi connectivity index (χ1v) is 9.14. The molecule has 1 heterocycles. The standard InChI is InChI=1S/C13H28O3Si/c1-6-17(15-11(2)3,16-12(4)5)8-7-13-9-14-10-13/h11-13H,6-10H2,1-5H3. The molecule has 0 aromatic carbocycles. The fraction of sp³-hybridized carbons (Fsp3) is 1.00. The summed E-state index contributed by atoms with van der Waals surface area (Å²) in [7, 11) is -2.00. The first-order valence-electron chi connectivity index (χ1n) is 6.91. The predicted molar refractivity (Wildman–Crippen MR) is 72.4 cm³/mol. The third kappa shape index (κ3) is 5.08. The van der Waals surface area contributed by atoms with Crippen LogP contribution < -0.4 is 0 Å². The van der Waals surface area contributed by atoms with Crippen LogP contribution >= 0.6 is 0 Å². The van der Waals surface area contributed by atoms with Crippen molar-refractivity contribution in [2.45, 2.75) is 65.3 Å². The van der Waals surface area contributed by atoms with Gasteiger partial charge in [-0.1, -0.05) is 6.92 Å². The van der Waals surface area contributed by atoms with Crippen molar-refractivity contribution < 1.29 is 13.6 Å². The monoisotopic (exact) mass is 260 g/mol. The maximum Gasteiger partial charge on any atom is 0.338 e. The lowest BCUT2D eigenvalue weighted by atomic mass is 10.1. The number of ether oxygens (including phenoxy) is 1. The molecule has 0 saturated carbocycles. The quantitative estimate of drug-likeness (QED) is 0.627. The number of rotatable bonds is 8. The molecule has 0 bridgehead atoms. The highest BCUT2D eigenvalue weighted by Crippen LogP contribution is 2.28. The minimum absolute atomic E-state index is 0.262. The Bertz CT molecular complexity index is 205. The highest BCUT2D eigenvalue weighted by Gasteiger charge is 2.38. The van der Waals surface area contributed by atoms with Crippen LogP contribution in [-0.4, -0.2) is 34.0 Å². The molecule has 1 aliphatic heterocycles. The molecule has 17 heavy (non-hydrogen) atoms. The molecule has 1 saturated heterocycles. The normalized spacial score (nSPS) is 17.8. The molecule has 102 valence electrons. The summed E-state index contributed by atoms with van der Waals surface area (Å²) < 4.78 is 17.6. The second-order valence-corrected chi connectivity index (χ2v) is 9.04. The van der Waals surface area contributed by atoms with E-state index in [0.29, 0.717) is 0 Å². The summed E-state index contributed by atoms with van der Waals surface area (Å²) in [6.45, 7) is 12.5. The first kappa shape index (κ1) is 15.2. The van der Waals surface area contributed by atoms with E-state index < -0.39 is 8.56 Å². The van der Waals surface area contributed by atoms with E-state index in [9.17, 15) is 0 Å². The molecule has 1 rings (SSSR count). The Balaban J connectivity index is 2.52. The number of hydrogen-bond donors (Lipinski definition) is 0. The number of hydrogen-bond acceptors (Lipinski definition) is 3. The van der Waals surface area contributed by atoms with Gasteiger partial charge in [0.05, 0.1) is 13.2 Å². The molecule has 1 aliphatic rings. The van der Waals surface area contributed by atoms with Crippen LogP contribution in [0.15, 0.2) is 0 Å². The van der Waals surface area contributed by atoms with Crippen LogP contribution in [0, 0.1) is 5.92 Å². The fourth-order valence-corrected chi connectivity index (χ4v) is 5.77. The van der Waals surface area contributed by atoms with Crippen LogP contribution in [0.5, 0.6) is 0 Å². The van der Waals surface area contributed by atoms with Gasteiger partial charge in [0.25, 0.3) is 0 Å². The van der Waals surface area contributed by atoms with Crippen molar-refractivity contribution in [1.29, 1.82) is 0 Å². The summed E-state index contributed by atoms with van der Waals surface area (Å²) in [6, 6.07) is 2.14. The zero-order chi connectivity index (χ0) is 12.9. The summed E-state index contributed by atoms with van der Waals surface area (Å²) in [5, 5.41) is 0. The smallest absolute Gasteiger partial charge is 0.338 e. The van der Waals surface area contributed by atoms with Gasteiger partial charge in [0, 0.05) is 18.1 Å². The minimum atomic E-state index is -2.00. The SMILES string of the molecule is CC[Si](CCC1COC1)(OC(C)C)OC(C)C. The molecule has 0 N–H and O–H groups in total. The van der Waals surface area contributed by atoms with Gasteiger partial charge in [-0.2, -0.15) is 0 Å². The molecule has 0 unspecified atom stereocenters. The van der Waals surface area contributed by atoms with Crippen molar-refractivity contribution in [3.63, 3.8) is 0 Å². The van der Waals surface area contributed by atoms with Crippen molar-refractivity contribution in [1.82, 2.24) is 0 Å². The van der Waals surface area contributed by atoms with Gasteiger partial charge in [0.2, 0.25) is 0 Å². The van der Waals surface area contributed by atoms with Gasteiger partial charge in [0.15, 0.2) is 0 Å². The zero-order valence-electron chi connectivity index (χ0n) is 12.0. The van der Waals surface area contributed by atoms with Gasteiger partial charge in [-0.25, -0.2) is 0 Å². The summed E-state index contributed by atoms with van der Waals surface area (Å²) in [5.74, 6) is 0.736. The van der Waals surface area contributed by atoms with Gasteiger partial charge in [-0.05, 0) is 46.2 Å². The van der Waals surface area contributed by atoms with Crippen LogP contribution in [-0.2, 0) is 13.6 Å². The second-order valence-electron chi connectivity index (χ2n) is 5.54. The molecule has 0 amide bonds. The van der Waals surface area contributed by atoms with Crippen molar-refractivity contribution in [3.8, 4) is 0 Å².